The lowest BCUT2D eigenvalue weighted by Crippen LogP contribution is -2.05. The third-order valence-corrected chi connectivity index (χ3v) is 2.09. The molecule has 86 valence electrons. The Labute approximate surface area is 97.0 Å². The molecule has 0 radical (unpaired) electrons. The van der Waals surface area contributed by atoms with Crippen LogP contribution in [-0.4, -0.2) is 18.5 Å². The molecule has 0 heterocycles. The molecule has 0 N–H and O–H groups in total. The molecule has 15 heavy (non-hydrogen) atoms. The van der Waals surface area contributed by atoms with Crippen LogP contribution >= 0.6 is 11.6 Å². The number of halogens is 1. The molecule has 0 aliphatic heterocycles. The van der Waals surface area contributed by atoms with Crippen LogP contribution in [0.3, 0.4) is 0 Å². The first-order chi connectivity index (χ1) is 7.06. The van der Waals surface area contributed by atoms with Crippen molar-refractivity contribution >= 4 is 17.6 Å². The van der Waals surface area contributed by atoms with Gasteiger partial charge in [-0.25, -0.2) is 0 Å². The first-order valence-electron chi connectivity index (χ1n) is 5.07. The van der Waals surface area contributed by atoms with E-state index in [4.69, 9.17) is 16.3 Å². The van der Waals surface area contributed by atoms with Gasteiger partial charge in [0.1, 0.15) is 12.5 Å². The van der Waals surface area contributed by atoms with Crippen LogP contribution in [0.15, 0.2) is 23.3 Å². The zero-order valence-corrected chi connectivity index (χ0v) is 10.4. The number of rotatable bonds is 6. The second kappa shape index (κ2) is 8.54. The molecule has 3 heteroatoms. The number of ether oxygens (including phenoxy) is 1. The van der Waals surface area contributed by atoms with E-state index in [1.54, 1.807) is 0 Å². The Hall–Kier alpha value is -0.760. The van der Waals surface area contributed by atoms with Crippen LogP contribution in [0.4, 0.5) is 0 Å². The molecule has 0 aliphatic carbocycles. The summed E-state index contributed by atoms with van der Waals surface area (Å²) in [6.45, 7) is 6.53. The van der Waals surface area contributed by atoms with E-state index >= 15 is 0 Å². The Bertz CT molecular complexity index is 250. The molecule has 0 spiro atoms. The Kier molecular flexibility index (Phi) is 8.11. The molecule has 0 aromatic heterocycles. The van der Waals surface area contributed by atoms with E-state index < -0.39 is 0 Å². The third-order valence-electron chi connectivity index (χ3n) is 1.88. The monoisotopic (exact) mass is 230 g/mol. The lowest BCUT2D eigenvalue weighted by atomic mass is 10.1. The number of hydrogen-bond donors (Lipinski definition) is 0. The summed E-state index contributed by atoms with van der Waals surface area (Å²) in [5.41, 5.74) is 2.56. The van der Waals surface area contributed by atoms with Crippen molar-refractivity contribution in [2.45, 2.75) is 33.6 Å². The van der Waals surface area contributed by atoms with Crippen LogP contribution in [0.25, 0.3) is 0 Å². The molecule has 0 aliphatic rings. The number of esters is 1. The van der Waals surface area contributed by atoms with Gasteiger partial charge < -0.3 is 4.74 Å². The molecular formula is C12H19ClO2. The minimum Gasteiger partial charge on any atom is -0.461 e. The number of carbonyl (C=O) groups is 1. The molecule has 0 atom stereocenters. The number of alkyl halides is 1. The molecule has 0 aromatic carbocycles. The molecule has 0 unspecified atom stereocenters. The lowest BCUT2D eigenvalue weighted by molar-refractivity contribution is -0.139. The smallest absolute Gasteiger partial charge is 0.321 e. The van der Waals surface area contributed by atoms with Gasteiger partial charge in [-0.3, -0.25) is 4.79 Å². The number of hydrogen-bond acceptors (Lipinski definition) is 2. The van der Waals surface area contributed by atoms with Crippen molar-refractivity contribution in [3.8, 4) is 0 Å². The first kappa shape index (κ1) is 14.2. The van der Waals surface area contributed by atoms with E-state index in [1.807, 2.05) is 13.0 Å². The number of allylic oxidation sites excluding steroid dienone is 3. The predicted octanol–water partition coefficient (Wildman–Crippen LogP) is 3.46. The van der Waals surface area contributed by atoms with Gasteiger partial charge in [0, 0.05) is 0 Å². The van der Waals surface area contributed by atoms with E-state index in [9.17, 15) is 4.79 Å². The molecule has 0 saturated carbocycles. The first-order valence-corrected chi connectivity index (χ1v) is 5.60. The van der Waals surface area contributed by atoms with Crippen molar-refractivity contribution in [2.75, 3.05) is 12.5 Å². The standard InChI is InChI=1S/C12H19ClO2/c1-10(2)5-4-6-11(3)7-8-15-12(14)9-13/h5,7H,4,6,8-9H2,1-3H3. The molecular weight excluding hydrogens is 212 g/mol. The van der Waals surface area contributed by atoms with Crippen LogP contribution < -0.4 is 0 Å². The Morgan fingerprint density at radius 1 is 1.27 bits per heavy atom. The van der Waals surface area contributed by atoms with Gasteiger partial charge in [0.15, 0.2) is 0 Å². The Balaban J connectivity index is 3.70. The minimum absolute atomic E-state index is 0.0787. The average Bonchev–Trinajstić information content (AvgIpc) is 2.17. The van der Waals surface area contributed by atoms with E-state index in [0.717, 1.165) is 12.8 Å². The van der Waals surface area contributed by atoms with Crippen molar-refractivity contribution in [2.24, 2.45) is 0 Å². The summed E-state index contributed by atoms with van der Waals surface area (Å²) in [7, 11) is 0. The quantitative estimate of drug-likeness (QED) is 0.397. The van der Waals surface area contributed by atoms with Crippen molar-refractivity contribution < 1.29 is 9.53 Å². The van der Waals surface area contributed by atoms with Gasteiger partial charge in [0.05, 0.1) is 0 Å². The molecule has 0 amide bonds. The summed E-state index contributed by atoms with van der Waals surface area (Å²) in [6, 6.07) is 0. The largest absolute Gasteiger partial charge is 0.461 e. The maximum atomic E-state index is 10.7. The second-order valence-corrected chi connectivity index (χ2v) is 3.95. The average molecular weight is 231 g/mol. The molecule has 0 rings (SSSR count). The van der Waals surface area contributed by atoms with Gasteiger partial charge in [0.25, 0.3) is 0 Å². The Morgan fingerprint density at radius 2 is 1.93 bits per heavy atom. The van der Waals surface area contributed by atoms with E-state index in [2.05, 4.69) is 19.9 Å². The van der Waals surface area contributed by atoms with Crippen molar-refractivity contribution in [1.82, 2.24) is 0 Å². The SMILES string of the molecule is CC(C)=CCCC(C)=CCOC(=O)CCl. The van der Waals surface area contributed by atoms with Gasteiger partial charge in [-0.2, -0.15) is 0 Å². The van der Waals surface area contributed by atoms with Crippen LogP contribution in [-0.2, 0) is 9.53 Å². The fourth-order valence-corrected chi connectivity index (χ4v) is 1.08. The van der Waals surface area contributed by atoms with Gasteiger partial charge in [-0.05, 0) is 39.7 Å². The zero-order chi connectivity index (χ0) is 11.7. The van der Waals surface area contributed by atoms with Crippen LogP contribution in [0.5, 0.6) is 0 Å². The van der Waals surface area contributed by atoms with Crippen molar-refractivity contribution in [1.29, 1.82) is 0 Å². The summed E-state index contributed by atoms with van der Waals surface area (Å²) >= 11 is 5.28. The molecule has 2 nitrogen and oxygen atoms in total. The highest BCUT2D eigenvalue weighted by molar-refractivity contribution is 6.26. The van der Waals surface area contributed by atoms with Gasteiger partial charge in [-0.15, -0.1) is 11.6 Å². The minimum atomic E-state index is -0.370. The number of carbonyl (C=O) groups excluding carboxylic acids is 1. The van der Waals surface area contributed by atoms with E-state index in [-0.39, 0.29) is 11.8 Å². The van der Waals surface area contributed by atoms with Crippen LogP contribution in [0.2, 0.25) is 0 Å². The van der Waals surface area contributed by atoms with E-state index in [0.29, 0.717) is 6.61 Å². The Morgan fingerprint density at radius 3 is 2.47 bits per heavy atom. The highest BCUT2D eigenvalue weighted by Crippen LogP contribution is 2.06. The summed E-state index contributed by atoms with van der Waals surface area (Å²) in [5, 5.41) is 0. The summed E-state index contributed by atoms with van der Waals surface area (Å²) < 4.78 is 4.83. The second-order valence-electron chi connectivity index (χ2n) is 3.69. The maximum absolute atomic E-state index is 10.7. The zero-order valence-electron chi connectivity index (χ0n) is 9.68. The van der Waals surface area contributed by atoms with Crippen molar-refractivity contribution in [3.63, 3.8) is 0 Å². The predicted molar refractivity (Wildman–Crippen MR) is 64.1 cm³/mol. The van der Waals surface area contributed by atoms with Crippen molar-refractivity contribution in [3.05, 3.63) is 23.3 Å². The lowest BCUT2D eigenvalue weighted by Gasteiger charge is -2.00. The fraction of sp³-hybridized carbons (Fsp3) is 0.583. The van der Waals surface area contributed by atoms with E-state index in [1.165, 1.54) is 11.1 Å². The van der Waals surface area contributed by atoms with Gasteiger partial charge >= 0.3 is 5.97 Å². The molecule has 0 fully saturated rings. The topological polar surface area (TPSA) is 26.3 Å². The van der Waals surface area contributed by atoms with Gasteiger partial charge in [0.2, 0.25) is 0 Å². The fourth-order valence-electron chi connectivity index (χ4n) is 1.01. The highest BCUT2D eigenvalue weighted by atomic mass is 35.5. The summed E-state index contributed by atoms with van der Waals surface area (Å²) in [6.07, 6.45) is 6.16. The maximum Gasteiger partial charge on any atom is 0.321 e. The van der Waals surface area contributed by atoms with Crippen LogP contribution in [0.1, 0.15) is 33.6 Å². The molecule has 0 aromatic rings. The van der Waals surface area contributed by atoms with Crippen LogP contribution in [0, 0.1) is 0 Å². The molecule has 0 bridgehead atoms. The highest BCUT2D eigenvalue weighted by Gasteiger charge is 1.96. The normalized spacial score (nSPS) is 11.1. The molecule has 0 saturated heterocycles. The summed E-state index contributed by atoms with van der Waals surface area (Å²) in [5.74, 6) is -0.449. The summed E-state index contributed by atoms with van der Waals surface area (Å²) in [4.78, 5) is 10.7. The third kappa shape index (κ3) is 9.54. The van der Waals surface area contributed by atoms with Gasteiger partial charge in [-0.1, -0.05) is 17.2 Å².